The zero-order chi connectivity index (χ0) is 53.7. The van der Waals surface area contributed by atoms with Gasteiger partial charge in [0, 0.05) is 13.0 Å². The number of rotatable bonds is 45. The molecule has 2 amide bonds. The second-order valence-electron chi connectivity index (χ2n) is 19.5. The monoisotopic (exact) mass is 1070 g/mol. The van der Waals surface area contributed by atoms with Crippen molar-refractivity contribution in [2.75, 3.05) is 51.8 Å². The molecule has 0 atom stereocenters. The van der Waals surface area contributed by atoms with Crippen LogP contribution in [0.15, 0.2) is 0 Å². The number of urea groups is 1. The van der Waals surface area contributed by atoms with Crippen LogP contribution in [0.25, 0.3) is 0 Å². The van der Waals surface area contributed by atoms with Crippen molar-refractivity contribution in [3.05, 3.63) is 0 Å². The third-order valence-electron chi connectivity index (χ3n) is 12.7. The molecular weight excluding hydrogens is 990 g/mol. The molecule has 0 heterocycles. The maximum Gasteiger partial charge on any atom is 0.460 e. The normalized spacial score (nSPS) is 13.9. The molecule has 420 valence electrons. The molecule has 0 aromatic carbocycles. The lowest BCUT2D eigenvalue weighted by molar-refractivity contribution is -0.889. The fourth-order valence-corrected chi connectivity index (χ4v) is 8.84. The molecule has 22 heteroatoms. The number of alkyl halides is 17. The Bertz CT molecular complexity index is 1350. The molecule has 0 saturated heterocycles. The van der Waals surface area contributed by atoms with Crippen LogP contribution in [0.3, 0.4) is 0 Å². The molecule has 0 saturated carbocycles. The summed E-state index contributed by atoms with van der Waals surface area (Å²) in [5.41, 5.74) is 0. The van der Waals surface area contributed by atoms with Gasteiger partial charge in [-0.25, -0.2) is 4.79 Å². The Labute approximate surface area is 410 Å². The number of nitrogens with one attached hydrogen (secondary N) is 2. The van der Waals surface area contributed by atoms with Crippen molar-refractivity contribution < 1.29 is 83.9 Å². The largest absolute Gasteiger partial charge is 0.460 e. The number of thioether (sulfide) groups is 1. The highest BCUT2D eigenvalue weighted by Crippen LogP contribution is 2.64. The van der Waals surface area contributed by atoms with Crippen molar-refractivity contribution in [1.82, 2.24) is 10.6 Å². The van der Waals surface area contributed by atoms with Crippen LogP contribution in [0, 0.1) is 0 Å². The molecule has 0 aromatic rings. The molecule has 0 aliphatic rings. The van der Waals surface area contributed by atoms with Crippen LogP contribution < -0.4 is 10.6 Å². The standard InChI is InChI=1S/C48H82F17N3OS/c1-4-5-6-7-8-9-10-11-12-13-14-15-16-17-18-19-20-21-22-23-24-25-26-27-28-29-30-31-36-68(2,3)37-35-67-40(69)66-34-32-38-70-39-33-41(49,50)42(51,52)43(53,54)44(55,56)45(57,58)46(59,60)47(61,62)48(63,64)65/h4-39H2,1-3H3,(H-,66,67,69)/p+1. The number of likely N-dealkylation sites (N-methyl/N-ethyl adjacent to an activating group) is 1. The first-order chi connectivity index (χ1) is 32.4. The molecule has 0 unspecified atom stereocenters. The molecule has 0 radical (unpaired) electrons. The lowest BCUT2D eigenvalue weighted by Crippen LogP contribution is -2.74. The number of carbonyl (C=O) groups excluding carboxylic acids is 1. The van der Waals surface area contributed by atoms with E-state index in [1.165, 1.54) is 161 Å². The van der Waals surface area contributed by atoms with E-state index < -0.39 is 65.8 Å². The summed E-state index contributed by atoms with van der Waals surface area (Å²) in [5, 5.41) is 5.05. The van der Waals surface area contributed by atoms with Gasteiger partial charge >= 0.3 is 53.7 Å². The van der Waals surface area contributed by atoms with Gasteiger partial charge in [-0.15, -0.1) is 0 Å². The zero-order valence-corrected chi connectivity index (χ0v) is 42.5. The maximum absolute atomic E-state index is 14.1. The zero-order valence-electron chi connectivity index (χ0n) is 41.6. The van der Waals surface area contributed by atoms with Crippen LogP contribution in [0.4, 0.5) is 79.4 Å². The molecular formula is C48H83F17N3OS+. The number of hydrogen-bond acceptors (Lipinski definition) is 2. The van der Waals surface area contributed by atoms with Crippen molar-refractivity contribution in [1.29, 1.82) is 0 Å². The Morgan fingerprint density at radius 2 is 0.671 bits per heavy atom. The molecule has 0 aliphatic heterocycles. The van der Waals surface area contributed by atoms with Gasteiger partial charge < -0.3 is 15.1 Å². The van der Waals surface area contributed by atoms with E-state index in [0.29, 0.717) is 22.8 Å². The third kappa shape index (κ3) is 23.3. The number of carbonyl (C=O) groups is 1. The molecule has 0 fully saturated rings. The van der Waals surface area contributed by atoms with E-state index >= 15 is 0 Å². The van der Waals surface area contributed by atoms with Crippen molar-refractivity contribution in [3.63, 3.8) is 0 Å². The third-order valence-corrected chi connectivity index (χ3v) is 13.8. The average molecular weight is 1070 g/mol. The number of hydrogen-bond donors (Lipinski definition) is 2. The predicted molar refractivity (Wildman–Crippen MR) is 245 cm³/mol. The number of quaternary nitrogens is 1. The van der Waals surface area contributed by atoms with Gasteiger partial charge in [-0.05, 0) is 30.8 Å². The van der Waals surface area contributed by atoms with Gasteiger partial charge in [0.15, 0.2) is 0 Å². The number of nitrogens with zero attached hydrogens (tertiary/aromatic N) is 1. The first-order valence-corrected chi connectivity index (χ1v) is 26.7. The topological polar surface area (TPSA) is 41.1 Å². The highest BCUT2D eigenvalue weighted by atomic mass is 32.2. The molecule has 70 heavy (non-hydrogen) atoms. The predicted octanol–water partition coefficient (Wildman–Crippen LogP) is 17.8. The van der Waals surface area contributed by atoms with Gasteiger partial charge in [0.25, 0.3) is 0 Å². The summed E-state index contributed by atoms with van der Waals surface area (Å²) in [7, 11) is 4.02. The minimum Gasteiger partial charge on any atom is -0.338 e. The second kappa shape index (κ2) is 33.3. The van der Waals surface area contributed by atoms with Crippen LogP contribution in [0.5, 0.6) is 0 Å². The molecule has 0 aliphatic carbocycles. The van der Waals surface area contributed by atoms with E-state index in [2.05, 4.69) is 17.6 Å². The van der Waals surface area contributed by atoms with Crippen molar-refractivity contribution in [2.24, 2.45) is 0 Å². The van der Waals surface area contributed by atoms with Gasteiger partial charge in [0.2, 0.25) is 0 Å². The van der Waals surface area contributed by atoms with E-state index in [1.807, 2.05) is 14.1 Å². The summed E-state index contributed by atoms with van der Waals surface area (Å²) in [6.07, 6.45) is 26.8. The highest BCUT2D eigenvalue weighted by molar-refractivity contribution is 7.99. The van der Waals surface area contributed by atoms with Gasteiger partial charge in [-0.1, -0.05) is 174 Å². The van der Waals surface area contributed by atoms with E-state index in [9.17, 15) is 79.4 Å². The lowest BCUT2D eigenvalue weighted by Gasteiger charge is -2.42. The number of halogens is 17. The van der Waals surface area contributed by atoms with E-state index in [1.54, 1.807) is 0 Å². The van der Waals surface area contributed by atoms with Crippen molar-refractivity contribution >= 4 is 17.8 Å². The van der Waals surface area contributed by atoms with Crippen molar-refractivity contribution in [2.45, 2.75) is 247 Å². The quantitative estimate of drug-likeness (QED) is 0.0362. The Morgan fingerprint density at radius 3 is 1.01 bits per heavy atom. The van der Waals surface area contributed by atoms with E-state index in [4.69, 9.17) is 0 Å². The van der Waals surface area contributed by atoms with E-state index in [-0.39, 0.29) is 25.3 Å². The summed E-state index contributed by atoms with van der Waals surface area (Å²) < 4.78 is 229. The van der Waals surface area contributed by atoms with Crippen LogP contribution >= 0.6 is 11.8 Å². The number of unbranched alkanes of at least 4 members (excludes halogenated alkanes) is 27. The maximum atomic E-state index is 14.1. The SMILES string of the molecule is CCCCCCCCCCCCCCCCCCCCCCCCCCCCCC[N+](C)(C)CCNC(=O)NCCCSCCC(F)(F)C(F)(F)C(F)(F)C(F)(F)C(F)(F)C(F)(F)C(F)(F)C(F)(F)F. The smallest absolute Gasteiger partial charge is 0.338 e. The Balaban J connectivity index is 4.04. The summed E-state index contributed by atoms with van der Waals surface area (Å²) in [6, 6.07) is -0.611. The molecule has 0 bridgehead atoms. The van der Waals surface area contributed by atoms with Crippen LogP contribution in [0.1, 0.15) is 200 Å². The first kappa shape index (κ1) is 68.4. The average Bonchev–Trinajstić information content (AvgIpc) is 3.26. The Kier molecular flexibility index (Phi) is 32.6. The van der Waals surface area contributed by atoms with Gasteiger partial charge in [0.05, 0.1) is 33.7 Å². The van der Waals surface area contributed by atoms with Gasteiger partial charge in [0.1, 0.15) is 0 Å². The number of amides is 2. The van der Waals surface area contributed by atoms with Crippen molar-refractivity contribution in [3.8, 4) is 0 Å². The van der Waals surface area contributed by atoms with Gasteiger partial charge in [-0.3, -0.25) is 0 Å². The van der Waals surface area contributed by atoms with Crippen LogP contribution in [-0.4, -0.2) is 110 Å². The highest BCUT2D eigenvalue weighted by Gasteiger charge is 2.95. The summed E-state index contributed by atoms with van der Waals surface area (Å²) in [4.78, 5) is 12.1. The summed E-state index contributed by atoms with van der Waals surface area (Å²) in [5.74, 6) is -57.7. The molecule has 4 nitrogen and oxygen atoms in total. The van der Waals surface area contributed by atoms with Crippen LogP contribution in [-0.2, 0) is 0 Å². The fourth-order valence-electron chi connectivity index (χ4n) is 7.89. The van der Waals surface area contributed by atoms with E-state index in [0.717, 1.165) is 25.8 Å². The molecule has 0 rings (SSSR count). The Hall–Kier alpha value is -1.61. The molecule has 0 spiro atoms. The fraction of sp³-hybridized carbons (Fsp3) is 0.979. The summed E-state index contributed by atoms with van der Waals surface area (Å²) >= 11 is 0.315. The minimum atomic E-state index is -8.63. The summed E-state index contributed by atoms with van der Waals surface area (Å²) in [6.45, 7) is 3.91. The minimum absolute atomic E-state index is 0.0375. The van der Waals surface area contributed by atoms with Gasteiger partial charge in [-0.2, -0.15) is 86.4 Å². The molecule has 0 aromatic heterocycles. The second-order valence-corrected chi connectivity index (χ2v) is 20.7. The first-order valence-electron chi connectivity index (χ1n) is 25.5. The Morgan fingerprint density at radius 1 is 0.371 bits per heavy atom. The molecule has 2 N–H and O–H groups in total. The van der Waals surface area contributed by atoms with Crippen LogP contribution in [0.2, 0.25) is 0 Å². The lowest BCUT2D eigenvalue weighted by atomic mass is 9.88.